The van der Waals surface area contributed by atoms with Crippen molar-refractivity contribution in [1.82, 2.24) is 5.32 Å². The fourth-order valence-corrected chi connectivity index (χ4v) is 1.80. The Bertz CT molecular complexity index is 407. The number of anilines is 1. The van der Waals surface area contributed by atoms with Gasteiger partial charge in [-0.3, -0.25) is 0 Å². The molecule has 1 saturated heterocycles. The number of likely N-dealkylation sites (N-methyl/N-ethyl adjacent to an activating group) is 1. The van der Waals surface area contributed by atoms with E-state index in [-0.39, 0.29) is 0 Å². The lowest BCUT2D eigenvalue weighted by atomic mass is 10.1. The van der Waals surface area contributed by atoms with E-state index in [1.807, 2.05) is 13.1 Å². The molecule has 3 nitrogen and oxygen atoms in total. The fraction of sp³-hybridized carbons (Fsp3) is 0.364. The third-order valence-corrected chi connectivity index (χ3v) is 3.00. The molecule has 1 aromatic carbocycles. The summed E-state index contributed by atoms with van der Waals surface area (Å²) in [5, 5.41) is 12.9. The van der Waals surface area contributed by atoms with Crippen molar-refractivity contribution in [3.8, 4) is 6.07 Å². The number of benzene rings is 1. The summed E-state index contributed by atoms with van der Waals surface area (Å²) in [5.74, 6) is 0. The van der Waals surface area contributed by atoms with Gasteiger partial charge in [-0.25, -0.2) is 0 Å². The quantitative estimate of drug-likeness (QED) is 0.825. The molecule has 0 aliphatic carbocycles. The van der Waals surface area contributed by atoms with Crippen molar-refractivity contribution in [2.45, 2.75) is 6.04 Å². The van der Waals surface area contributed by atoms with Crippen molar-refractivity contribution < 1.29 is 0 Å². The van der Waals surface area contributed by atoms with Gasteiger partial charge in [-0.1, -0.05) is 11.6 Å². The first kappa shape index (κ1) is 10.3. The van der Waals surface area contributed by atoms with Crippen LogP contribution in [-0.2, 0) is 0 Å². The molecule has 1 aliphatic rings. The van der Waals surface area contributed by atoms with Crippen molar-refractivity contribution >= 4 is 17.3 Å². The Kier molecular flexibility index (Phi) is 2.81. The maximum Gasteiger partial charge on any atom is 0.101 e. The van der Waals surface area contributed by atoms with Gasteiger partial charge in [0.15, 0.2) is 0 Å². The highest BCUT2D eigenvalue weighted by atomic mass is 35.5. The van der Waals surface area contributed by atoms with Gasteiger partial charge in [-0.2, -0.15) is 5.26 Å². The Morgan fingerprint density at radius 1 is 1.53 bits per heavy atom. The molecule has 0 spiro atoms. The Balaban J connectivity index is 2.32. The van der Waals surface area contributed by atoms with Crippen LogP contribution in [0.5, 0.6) is 0 Å². The maximum atomic E-state index is 9.00. The van der Waals surface area contributed by atoms with Gasteiger partial charge in [-0.15, -0.1) is 0 Å². The number of nitrogens with one attached hydrogen (secondary N) is 1. The Hall–Kier alpha value is -1.24. The zero-order valence-electron chi connectivity index (χ0n) is 8.50. The van der Waals surface area contributed by atoms with E-state index in [1.54, 1.807) is 12.1 Å². The first-order valence-corrected chi connectivity index (χ1v) is 5.23. The van der Waals surface area contributed by atoms with Crippen molar-refractivity contribution in [3.63, 3.8) is 0 Å². The van der Waals surface area contributed by atoms with Gasteiger partial charge in [0.1, 0.15) is 6.07 Å². The van der Waals surface area contributed by atoms with Crippen LogP contribution in [-0.4, -0.2) is 26.2 Å². The molecule has 0 atom stereocenters. The summed E-state index contributed by atoms with van der Waals surface area (Å²) in [6.07, 6.45) is 0. The van der Waals surface area contributed by atoms with Crippen LogP contribution in [0.1, 0.15) is 5.56 Å². The predicted molar refractivity (Wildman–Crippen MR) is 61.2 cm³/mol. The van der Waals surface area contributed by atoms with E-state index in [4.69, 9.17) is 16.9 Å². The van der Waals surface area contributed by atoms with E-state index >= 15 is 0 Å². The number of hydrogen-bond acceptors (Lipinski definition) is 3. The molecule has 1 heterocycles. The second-order valence-electron chi connectivity index (χ2n) is 3.70. The molecule has 15 heavy (non-hydrogen) atoms. The first-order chi connectivity index (χ1) is 7.22. The van der Waals surface area contributed by atoms with Crippen molar-refractivity contribution in [1.29, 1.82) is 5.26 Å². The molecule has 1 aromatic rings. The predicted octanol–water partition coefficient (Wildman–Crippen LogP) is 1.62. The smallest absolute Gasteiger partial charge is 0.101 e. The molecule has 0 unspecified atom stereocenters. The summed E-state index contributed by atoms with van der Waals surface area (Å²) >= 11 is 5.93. The molecule has 4 heteroatoms. The maximum absolute atomic E-state index is 9.00. The molecule has 1 fully saturated rings. The Morgan fingerprint density at radius 3 is 2.80 bits per heavy atom. The lowest BCUT2D eigenvalue weighted by Gasteiger charge is -2.37. The lowest BCUT2D eigenvalue weighted by Crippen LogP contribution is -2.56. The van der Waals surface area contributed by atoms with Crippen molar-refractivity contribution in [3.05, 3.63) is 28.8 Å². The monoisotopic (exact) mass is 221 g/mol. The molecule has 0 amide bonds. The number of halogens is 1. The summed E-state index contributed by atoms with van der Waals surface area (Å²) < 4.78 is 0. The summed E-state index contributed by atoms with van der Waals surface area (Å²) in [4.78, 5) is 2.11. The topological polar surface area (TPSA) is 39.1 Å². The minimum atomic E-state index is 0.468. The third-order valence-electron chi connectivity index (χ3n) is 2.77. The van der Waals surface area contributed by atoms with Crippen molar-refractivity contribution in [2.24, 2.45) is 0 Å². The number of nitrogens with zero attached hydrogens (tertiary/aromatic N) is 2. The highest BCUT2D eigenvalue weighted by Crippen LogP contribution is 2.25. The van der Waals surface area contributed by atoms with Crippen LogP contribution in [0.25, 0.3) is 0 Å². The highest BCUT2D eigenvalue weighted by Gasteiger charge is 2.23. The largest absolute Gasteiger partial charge is 0.368 e. The minimum absolute atomic E-state index is 0.468. The standard InChI is InChI=1S/C11H12ClN3/c1-15(10-6-14-7-10)11-4-9(12)3-2-8(11)5-13/h2-4,10,14H,6-7H2,1H3. The molecule has 1 aliphatic heterocycles. The molecule has 78 valence electrons. The van der Waals surface area contributed by atoms with Gasteiger partial charge in [0, 0.05) is 25.2 Å². The van der Waals surface area contributed by atoms with Gasteiger partial charge in [-0.05, 0) is 18.2 Å². The van der Waals surface area contributed by atoms with Crippen LogP contribution < -0.4 is 10.2 Å². The molecule has 0 bridgehead atoms. The van der Waals surface area contributed by atoms with E-state index < -0.39 is 0 Å². The van der Waals surface area contributed by atoms with Crippen molar-refractivity contribution in [2.75, 3.05) is 25.0 Å². The van der Waals surface area contributed by atoms with Gasteiger partial charge < -0.3 is 10.2 Å². The molecular weight excluding hydrogens is 210 g/mol. The molecule has 1 N–H and O–H groups in total. The molecule has 2 rings (SSSR count). The molecule has 0 radical (unpaired) electrons. The van der Waals surface area contributed by atoms with Gasteiger partial charge in [0.05, 0.1) is 17.3 Å². The van der Waals surface area contributed by atoms with E-state index in [1.165, 1.54) is 0 Å². The third kappa shape index (κ3) is 1.92. The average Bonchev–Trinajstić information content (AvgIpc) is 2.15. The summed E-state index contributed by atoms with van der Waals surface area (Å²) in [6.45, 7) is 1.93. The average molecular weight is 222 g/mol. The summed E-state index contributed by atoms with van der Waals surface area (Å²) in [5.41, 5.74) is 1.59. The lowest BCUT2D eigenvalue weighted by molar-refractivity contribution is 0.428. The van der Waals surface area contributed by atoms with E-state index in [2.05, 4.69) is 16.3 Å². The highest BCUT2D eigenvalue weighted by molar-refractivity contribution is 6.30. The second-order valence-corrected chi connectivity index (χ2v) is 4.13. The van der Waals surface area contributed by atoms with E-state index in [9.17, 15) is 0 Å². The minimum Gasteiger partial charge on any atom is -0.368 e. The zero-order chi connectivity index (χ0) is 10.8. The van der Waals surface area contributed by atoms with E-state index in [0.717, 1.165) is 18.8 Å². The first-order valence-electron chi connectivity index (χ1n) is 4.85. The Morgan fingerprint density at radius 2 is 2.27 bits per heavy atom. The number of hydrogen-bond donors (Lipinski definition) is 1. The fourth-order valence-electron chi connectivity index (χ4n) is 1.64. The molecule has 0 aromatic heterocycles. The molecule has 0 saturated carbocycles. The number of rotatable bonds is 2. The van der Waals surface area contributed by atoms with Crippen LogP contribution in [0.15, 0.2) is 18.2 Å². The molecular formula is C11H12ClN3. The SMILES string of the molecule is CN(c1cc(Cl)ccc1C#N)C1CNC1. The van der Waals surface area contributed by atoms with Gasteiger partial charge in [0.25, 0.3) is 0 Å². The van der Waals surface area contributed by atoms with Crippen LogP contribution in [0.2, 0.25) is 5.02 Å². The van der Waals surface area contributed by atoms with Crippen LogP contribution >= 0.6 is 11.6 Å². The van der Waals surface area contributed by atoms with Gasteiger partial charge >= 0.3 is 0 Å². The summed E-state index contributed by atoms with van der Waals surface area (Å²) in [7, 11) is 2.00. The van der Waals surface area contributed by atoms with Crippen LogP contribution in [0.3, 0.4) is 0 Å². The van der Waals surface area contributed by atoms with E-state index in [0.29, 0.717) is 16.6 Å². The second kappa shape index (κ2) is 4.09. The Labute approximate surface area is 94.3 Å². The zero-order valence-corrected chi connectivity index (χ0v) is 9.25. The van der Waals surface area contributed by atoms with Crippen LogP contribution in [0, 0.1) is 11.3 Å². The normalized spacial score (nSPS) is 15.5. The number of nitriles is 1. The van der Waals surface area contributed by atoms with Gasteiger partial charge in [0.2, 0.25) is 0 Å². The summed E-state index contributed by atoms with van der Waals surface area (Å²) in [6, 6.07) is 8.01. The van der Waals surface area contributed by atoms with Crippen LogP contribution in [0.4, 0.5) is 5.69 Å².